The lowest BCUT2D eigenvalue weighted by atomic mass is 9.87. The minimum Gasteiger partial charge on any atom is -0.496 e. The largest absolute Gasteiger partial charge is 0.496 e. The van der Waals surface area contributed by atoms with Crippen molar-refractivity contribution in [3.63, 3.8) is 0 Å². The summed E-state index contributed by atoms with van der Waals surface area (Å²) in [5, 5.41) is 3.57. The Hall–Kier alpha value is -1.02. The Morgan fingerprint density at radius 3 is 2.87 bits per heavy atom. The number of hydrogen-bond acceptors (Lipinski definition) is 2. The minimum atomic E-state index is 0.435. The third kappa shape index (κ3) is 1.86. The molecule has 0 bridgehead atoms. The average Bonchev–Trinajstić information content (AvgIpc) is 2.27. The van der Waals surface area contributed by atoms with Gasteiger partial charge in [0.25, 0.3) is 0 Å². The zero-order valence-electron chi connectivity index (χ0n) is 9.71. The Balaban J connectivity index is 2.47. The van der Waals surface area contributed by atoms with E-state index in [-0.39, 0.29) is 0 Å². The van der Waals surface area contributed by atoms with Crippen molar-refractivity contribution in [2.75, 3.05) is 13.7 Å². The fourth-order valence-electron chi connectivity index (χ4n) is 2.37. The normalized spacial score (nSPS) is 20.1. The molecule has 0 radical (unpaired) electrons. The van der Waals surface area contributed by atoms with E-state index in [1.807, 2.05) is 0 Å². The zero-order chi connectivity index (χ0) is 10.8. The van der Waals surface area contributed by atoms with E-state index in [2.05, 4.69) is 37.4 Å². The van der Waals surface area contributed by atoms with Crippen molar-refractivity contribution >= 4 is 0 Å². The molecule has 1 N–H and O–H groups in total. The molecule has 0 aliphatic carbocycles. The van der Waals surface area contributed by atoms with Gasteiger partial charge in [-0.15, -0.1) is 0 Å². The average molecular weight is 205 g/mol. The van der Waals surface area contributed by atoms with Gasteiger partial charge in [-0.2, -0.15) is 0 Å². The van der Waals surface area contributed by atoms with E-state index in [1.165, 1.54) is 11.1 Å². The molecule has 0 aromatic heterocycles. The van der Waals surface area contributed by atoms with E-state index >= 15 is 0 Å². The van der Waals surface area contributed by atoms with Gasteiger partial charge in [0.05, 0.1) is 7.11 Å². The third-order valence-corrected chi connectivity index (χ3v) is 3.11. The number of hydrogen-bond donors (Lipinski definition) is 1. The topological polar surface area (TPSA) is 21.3 Å². The molecular weight excluding hydrogens is 186 g/mol. The molecule has 2 rings (SSSR count). The van der Waals surface area contributed by atoms with Crippen LogP contribution in [0, 0.1) is 5.92 Å². The Kier molecular flexibility index (Phi) is 2.96. The quantitative estimate of drug-likeness (QED) is 0.801. The summed E-state index contributed by atoms with van der Waals surface area (Å²) >= 11 is 0. The smallest absolute Gasteiger partial charge is 0.123 e. The maximum absolute atomic E-state index is 5.45. The monoisotopic (exact) mass is 205 g/mol. The third-order valence-electron chi connectivity index (χ3n) is 3.11. The van der Waals surface area contributed by atoms with Crippen LogP contribution in [-0.4, -0.2) is 13.7 Å². The van der Waals surface area contributed by atoms with Crippen molar-refractivity contribution in [2.24, 2.45) is 5.92 Å². The molecule has 0 amide bonds. The molecule has 82 valence electrons. The number of ether oxygens (including phenoxy) is 1. The maximum atomic E-state index is 5.45. The molecule has 0 fully saturated rings. The SMILES string of the molecule is COc1cccc2c1C(C(C)C)NCC2. The van der Waals surface area contributed by atoms with Crippen LogP contribution in [0.3, 0.4) is 0 Å². The molecule has 0 spiro atoms. The summed E-state index contributed by atoms with van der Waals surface area (Å²) in [7, 11) is 1.75. The van der Waals surface area contributed by atoms with E-state index in [9.17, 15) is 0 Å². The molecule has 1 unspecified atom stereocenters. The number of rotatable bonds is 2. The molecule has 2 heteroatoms. The summed E-state index contributed by atoms with van der Waals surface area (Å²) in [4.78, 5) is 0. The molecule has 1 aromatic rings. The van der Waals surface area contributed by atoms with Gasteiger partial charge in [-0.1, -0.05) is 26.0 Å². The van der Waals surface area contributed by atoms with Gasteiger partial charge in [0.15, 0.2) is 0 Å². The van der Waals surface area contributed by atoms with Gasteiger partial charge < -0.3 is 10.1 Å². The first-order chi connectivity index (χ1) is 7.24. The first-order valence-electron chi connectivity index (χ1n) is 5.63. The first-order valence-corrected chi connectivity index (χ1v) is 5.63. The molecule has 2 nitrogen and oxygen atoms in total. The number of methoxy groups -OCH3 is 1. The van der Waals surface area contributed by atoms with Crippen LogP contribution in [0.1, 0.15) is 31.0 Å². The van der Waals surface area contributed by atoms with Gasteiger partial charge in [0, 0.05) is 11.6 Å². The molecule has 1 atom stereocenters. The molecule has 1 aliphatic rings. The van der Waals surface area contributed by atoms with Gasteiger partial charge in [-0.25, -0.2) is 0 Å². The van der Waals surface area contributed by atoms with Crippen molar-refractivity contribution < 1.29 is 4.74 Å². The van der Waals surface area contributed by atoms with Crippen LogP contribution >= 0.6 is 0 Å². The summed E-state index contributed by atoms with van der Waals surface area (Å²) in [5.74, 6) is 1.62. The minimum absolute atomic E-state index is 0.435. The van der Waals surface area contributed by atoms with Crippen molar-refractivity contribution in [3.8, 4) is 5.75 Å². The number of fused-ring (bicyclic) bond motifs is 1. The van der Waals surface area contributed by atoms with Crippen LogP contribution in [0.4, 0.5) is 0 Å². The van der Waals surface area contributed by atoms with Crippen molar-refractivity contribution in [1.82, 2.24) is 5.32 Å². The Bertz CT molecular complexity index is 332. The van der Waals surface area contributed by atoms with E-state index in [4.69, 9.17) is 4.74 Å². The lowest BCUT2D eigenvalue weighted by Gasteiger charge is -2.31. The molecule has 1 heterocycles. The lowest BCUT2D eigenvalue weighted by molar-refractivity contribution is 0.357. The van der Waals surface area contributed by atoms with Gasteiger partial charge in [-0.3, -0.25) is 0 Å². The molecule has 1 aliphatic heterocycles. The molecule has 0 saturated heterocycles. The summed E-state index contributed by atoms with van der Waals surface area (Å²) in [6.45, 7) is 5.57. The van der Waals surface area contributed by atoms with Crippen LogP contribution in [0.2, 0.25) is 0 Å². The van der Waals surface area contributed by atoms with E-state index in [0.717, 1.165) is 18.7 Å². The summed E-state index contributed by atoms with van der Waals surface area (Å²) in [6.07, 6.45) is 1.11. The second-order valence-electron chi connectivity index (χ2n) is 4.46. The zero-order valence-corrected chi connectivity index (χ0v) is 9.71. The Morgan fingerprint density at radius 2 is 2.20 bits per heavy atom. The van der Waals surface area contributed by atoms with Crippen LogP contribution in [0.5, 0.6) is 5.75 Å². The van der Waals surface area contributed by atoms with Crippen LogP contribution in [-0.2, 0) is 6.42 Å². The number of benzene rings is 1. The molecule has 0 saturated carbocycles. The molecule has 15 heavy (non-hydrogen) atoms. The summed E-state index contributed by atoms with van der Waals surface area (Å²) in [6, 6.07) is 6.79. The summed E-state index contributed by atoms with van der Waals surface area (Å²) < 4.78 is 5.45. The fraction of sp³-hybridized carbons (Fsp3) is 0.538. The highest BCUT2D eigenvalue weighted by atomic mass is 16.5. The second-order valence-corrected chi connectivity index (χ2v) is 4.46. The van der Waals surface area contributed by atoms with E-state index < -0.39 is 0 Å². The molecular formula is C13H19NO. The highest BCUT2D eigenvalue weighted by Gasteiger charge is 2.25. The maximum Gasteiger partial charge on any atom is 0.123 e. The van der Waals surface area contributed by atoms with Crippen LogP contribution in [0.25, 0.3) is 0 Å². The summed E-state index contributed by atoms with van der Waals surface area (Å²) in [5.41, 5.74) is 2.80. The standard InChI is InChI=1S/C13H19NO/c1-9(2)13-12-10(7-8-14-13)5-4-6-11(12)15-3/h4-6,9,13-14H,7-8H2,1-3H3. The molecule has 1 aromatic carbocycles. The van der Waals surface area contributed by atoms with Gasteiger partial charge >= 0.3 is 0 Å². The predicted molar refractivity (Wildman–Crippen MR) is 62.3 cm³/mol. The van der Waals surface area contributed by atoms with Crippen LogP contribution < -0.4 is 10.1 Å². The van der Waals surface area contributed by atoms with Gasteiger partial charge in [0.1, 0.15) is 5.75 Å². The van der Waals surface area contributed by atoms with Crippen molar-refractivity contribution in [2.45, 2.75) is 26.3 Å². The van der Waals surface area contributed by atoms with Crippen molar-refractivity contribution in [1.29, 1.82) is 0 Å². The Labute approximate surface area is 91.6 Å². The fourth-order valence-corrected chi connectivity index (χ4v) is 2.37. The van der Waals surface area contributed by atoms with Gasteiger partial charge in [-0.05, 0) is 30.5 Å². The lowest BCUT2D eigenvalue weighted by Crippen LogP contribution is -2.33. The van der Waals surface area contributed by atoms with Crippen LogP contribution in [0.15, 0.2) is 18.2 Å². The first kappa shape index (κ1) is 10.5. The highest BCUT2D eigenvalue weighted by Crippen LogP contribution is 2.35. The predicted octanol–water partition coefficient (Wildman–Crippen LogP) is 2.54. The van der Waals surface area contributed by atoms with E-state index in [0.29, 0.717) is 12.0 Å². The Morgan fingerprint density at radius 1 is 1.40 bits per heavy atom. The van der Waals surface area contributed by atoms with Gasteiger partial charge in [0.2, 0.25) is 0 Å². The highest BCUT2D eigenvalue weighted by molar-refractivity contribution is 5.44. The number of nitrogens with one attached hydrogen (secondary N) is 1. The van der Waals surface area contributed by atoms with E-state index in [1.54, 1.807) is 7.11 Å². The van der Waals surface area contributed by atoms with Crippen molar-refractivity contribution in [3.05, 3.63) is 29.3 Å². The second kappa shape index (κ2) is 4.23.